The zero-order valence-electron chi connectivity index (χ0n) is 18.9. The number of nitrogens with zero attached hydrogens (tertiary/aromatic N) is 1. The van der Waals surface area contributed by atoms with Crippen LogP contribution in [-0.2, 0) is 16.0 Å². The van der Waals surface area contributed by atoms with Crippen molar-refractivity contribution in [2.24, 2.45) is 5.73 Å². The summed E-state index contributed by atoms with van der Waals surface area (Å²) in [6.45, 7) is 2.72. The first kappa shape index (κ1) is 22.6. The van der Waals surface area contributed by atoms with E-state index >= 15 is 0 Å². The van der Waals surface area contributed by atoms with E-state index in [2.05, 4.69) is 31.2 Å². The summed E-state index contributed by atoms with van der Waals surface area (Å²) >= 11 is 0. The Hall–Kier alpha value is -3.64. The van der Waals surface area contributed by atoms with E-state index in [0.29, 0.717) is 17.9 Å². The maximum Gasteiger partial charge on any atom is 0.257 e. The number of benzene rings is 3. The number of rotatable bonds is 6. The molecule has 1 aliphatic heterocycles. The van der Waals surface area contributed by atoms with Gasteiger partial charge in [-0.05, 0) is 35.7 Å². The first-order chi connectivity index (χ1) is 15.9. The molecular formula is C27H28N2O4. The van der Waals surface area contributed by atoms with Crippen molar-refractivity contribution < 1.29 is 19.1 Å². The Morgan fingerprint density at radius 3 is 2.52 bits per heavy atom. The highest BCUT2D eigenvalue weighted by Gasteiger charge is 2.44. The Morgan fingerprint density at radius 1 is 1.03 bits per heavy atom. The number of carbonyl (C=O) groups excluding carboxylic acids is 2. The third-order valence-corrected chi connectivity index (χ3v) is 6.06. The number of para-hydroxylation sites is 1. The monoisotopic (exact) mass is 444 g/mol. The lowest BCUT2D eigenvalue weighted by Gasteiger charge is -2.41. The number of primary amides is 1. The molecule has 1 heterocycles. The lowest BCUT2D eigenvalue weighted by molar-refractivity contribution is -0.153. The van der Waals surface area contributed by atoms with Crippen LogP contribution in [0.4, 0.5) is 0 Å². The highest BCUT2D eigenvalue weighted by atomic mass is 16.5. The van der Waals surface area contributed by atoms with Gasteiger partial charge in [-0.25, -0.2) is 0 Å². The Balaban J connectivity index is 1.60. The molecule has 3 aromatic rings. The smallest absolute Gasteiger partial charge is 0.257 e. The minimum atomic E-state index is -1.30. The van der Waals surface area contributed by atoms with Gasteiger partial charge >= 0.3 is 0 Å². The van der Waals surface area contributed by atoms with Crippen molar-refractivity contribution in [2.75, 3.05) is 26.8 Å². The molecule has 3 aromatic carbocycles. The third-order valence-electron chi connectivity index (χ3n) is 6.06. The number of aryl methyl sites for hydroxylation is 1. The maximum atomic E-state index is 13.2. The van der Waals surface area contributed by atoms with Crippen LogP contribution in [0, 0.1) is 6.92 Å². The van der Waals surface area contributed by atoms with E-state index < -0.39 is 11.5 Å². The molecule has 0 aromatic heterocycles. The minimum absolute atomic E-state index is 0.0774. The van der Waals surface area contributed by atoms with Crippen LogP contribution in [0.2, 0.25) is 0 Å². The lowest BCUT2D eigenvalue weighted by atomic mass is 9.90. The normalized spacial score (nSPS) is 18.1. The van der Waals surface area contributed by atoms with E-state index in [9.17, 15) is 9.59 Å². The fourth-order valence-electron chi connectivity index (χ4n) is 4.23. The lowest BCUT2D eigenvalue weighted by Crippen LogP contribution is -2.61. The number of amides is 2. The second-order valence-corrected chi connectivity index (χ2v) is 8.38. The largest absolute Gasteiger partial charge is 0.496 e. The quantitative estimate of drug-likeness (QED) is 0.630. The number of hydrogen-bond donors (Lipinski definition) is 1. The molecule has 1 saturated heterocycles. The molecule has 4 rings (SSSR count). The first-order valence-corrected chi connectivity index (χ1v) is 10.9. The van der Waals surface area contributed by atoms with Crippen LogP contribution in [-0.4, -0.2) is 49.1 Å². The summed E-state index contributed by atoms with van der Waals surface area (Å²) in [7, 11) is 1.53. The molecule has 2 N–H and O–H groups in total. The average molecular weight is 445 g/mol. The van der Waals surface area contributed by atoms with Crippen LogP contribution >= 0.6 is 0 Å². The van der Waals surface area contributed by atoms with Crippen molar-refractivity contribution in [3.05, 3.63) is 89.5 Å². The molecule has 33 heavy (non-hydrogen) atoms. The highest BCUT2D eigenvalue weighted by Crippen LogP contribution is 2.28. The van der Waals surface area contributed by atoms with Gasteiger partial charge in [-0.15, -0.1) is 0 Å². The molecule has 170 valence electrons. The molecule has 0 spiro atoms. The SMILES string of the molecule is COc1ccccc1C(=O)N1CCO[C@@](Cc2cccc(-c3ccc(C)cc3)c2)(C(N)=O)C1. The summed E-state index contributed by atoms with van der Waals surface area (Å²) in [4.78, 5) is 27.5. The predicted molar refractivity (Wildman–Crippen MR) is 127 cm³/mol. The van der Waals surface area contributed by atoms with Crippen molar-refractivity contribution in [3.63, 3.8) is 0 Å². The molecule has 2 amide bonds. The summed E-state index contributed by atoms with van der Waals surface area (Å²) in [5.74, 6) is -0.306. The molecule has 0 unspecified atom stereocenters. The Morgan fingerprint density at radius 2 is 1.79 bits per heavy atom. The van der Waals surface area contributed by atoms with Crippen molar-refractivity contribution in [2.45, 2.75) is 18.9 Å². The molecule has 1 atom stereocenters. The van der Waals surface area contributed by atoms with Gasteiger partial charge in [0.25, 0.3) is 11.8 Å². The van der Waals surface area contributed by atoms with E-state index in [0.717, 1.165) is 16.7 Å². The highest BCUT2D eigenvalue weighted by molar-refractivity contribution is 5.97. The van der Waals surface area contributed by atoms with Crippen molar-refractivity contribution >= 4 is 11.8 Å². The van der Waals surface area contributed by atoms with Crippen molar-refractivity contribution in [1.29, 1.82) is 0 Å². The van der Waals surface area contributed by atoms with Gasteiger partial charge in [-0.2, -0.15) is 0 Å². The van der Waals surface area contributed by atoms with Gasteiger partial charge in [0.1, 0.15) is 5.75 Å². The minimum Gasteiger partial charge on any atom is -0.496 e. The van der Waals surface area contributed by atoms with Gasteiger partial charge in [-0.1, -0.05) is 66.2 Å². The summed E-state index contributed by atoms with van der Waals surface area (Å²) in [6.07, 6.45) is 0.276. The van der Waals surface area contributed by atoms with Gasteiger partial charge in [0, 0.05) is 13.0 Å². The van der Waals surface area contributed by atoms with E-state index in [1.807, 2.05) is 30.3 Å². The van der Waals surface area contributed by atoms with Crippen LogP contribution in [0.1, 0.15) is 21.5 Å². The molecule has 0 bridgehead atoms. The van der Waals surface area contributed by atoms with Crippen LogP contribution < -0.4 is 10.5 Å². The van der Waals surface area contributed by atoms with Crippen molar-refractivity contribution in [1.82, 2.24) is 4.90 Å². The molecular weight excluding hydrogens is 416 g/mol. The van der Waals surface area contributed by atoms with E-state index in [4.69, 9.17) is 15.2 Å². The molecule has 6 nitrogen and oxygen atoms in total. The van der Waals surface area contributed by atoms with Crippen LogP contribution in [0.15, 0.2) is 72.8 Å². The zero-order chi connectivity index (χ0) is 23.4. The average Bonchev–Trinajstić information content (AvgIpc) is 2.84. The van der Waals surface area contributed by atoms with E-state index in [1.54, 1.807) is 23.1 Å². The van der Waals surface area contributed by atoms with Crippen LogP contribution in [0.3, 0.4) is 0 Å². The topological polar surface area (TPSA) is 81.9 Å². The number of methoxy groups -OCH3 is 1. The first-order valence-electron chi connectivity index (χ1n) is 10.9. The molecule has 0 aliphatic carbocycles. The molecule has 1 fully saturated rings. The predicted octanol–water partition coefficient (Wildman–Crippen LogP) is 3.61. The van der Waals surface area contributed by atoms with Gasteiger partial charge in [-0.3, -0.25) is 9.59 Å². The summed E-state index contributed by atoms with van der Waals surface area (Å²) < 4.78 is 11.3. The summed E-state index contributed by atoms with van der Waals surface area (Å²) in [6, 6.07) is 23.3. The third kappa shape index (κ3) is 4.76. The van der Waals surface area contributed by atoms with Gasteiger partial charge in [0.2, 0.25) is 0 Å². The standard InChI is InChI=1S/C27H28N2O4/c1-19-10-12-21(13-11-19)22-7-5-6-20(16-22)17-27(26(28)31)18-29(14-15-33-27)25(30)23-8-3-4-9-24(23)32-2/h3-13,16H,14-15,17-18H2,1-2H3,(H2,28,31)/t27-/m1/s1. The maximum absolute atomic E-state index is 13.2. The number of nitrogens with two attached hydrogens (primary N) is 1. The number of morpholine rings is 1. The van der Waals surface area contributed by atoms with Crippen molar-refractivity contribution in [3.8, 4) is 16.9 Å². The Bertz CT molecular complexity index is 1160. The van der Waals surface area contributed by atoms with Crippen LogP contribution in [0.5, 0.6) is 5.75 Å². The fourth-order valence-corrected chi connectivity index (χ4v) is 4.23. The molecule has 0 saturated carbocycles. The summed E-state index contributed by atoms with van der Waals surface area (Å²) in [5, 5.41) is 0. The van der Waals surface area contributed by atoms with Gasteiger partial charge in [0.05, 0.1) is 25.8 Å². The molecule has 1 aliphatic rings. The number of ether oxygens (including phenoxy) is 2. The Kier molecular flexibility index (Phi) is 6.47. The molecule has 0 radical (unpaired) electrons. The van der Waals surface area contributed by atoms with E-state index in [1.165, 1.54) is 12.7 Å². The van der Waals surface area contributed by atoms with Crippen LogP contribution in [0.25, 0.3) is 11.1 Å². The second-order valence-electron chi connectivity index (χ2n) is 8.38. The van der Waals surface area contributed by atoms with Gasteiger partial charge < -0.3 is 20.1 Å². The second kappa shape index (κ2) is 9.46. The molecule has 6 heteroatoms. The number of carbonyl (C=O) groups is 2. The fraction of sp³-hybridized carbons (Fsp3) is 0.259. The number of hydrogen-bond acceptors (Lipinski definition) is 4. The van der Waals surface area contributed by atoms with Gasteiger partial charge in [0.15, 0.2) is 5.60 Å². The summed E-state index contributed by atoms with van der Waals surface area (Å²) in [5.41, 5.74) is 9.23. The Labute approximate surface area is 193 Å². The zero-order valence-corrected chi connectivity index (χ0v) is 18.9. The van der Waals surface area contributed by atoms with E-state index in [-0.39, 0.29) is 25.5 Å².